The molecular weight excluding hydrogens is 439 g/mol. The van der Waals surface area contributed by atoms with E-state index in [4.69, 9.17) is 0 Å². The van der Waals surface area contributed by atoms with Gasteiger partial charge >= 0.3 is 0 Å². The number of rotatable bonds is 5. The number of anilines is 1. The summed E-state index contributed by atoms with van der Waals surface area (Å²) in [5, 5.41) is 12.9. The van der Waals surface area contributed by atoms with Crippen LogP contribution in [0.1, 0.15) is 13.8 Å². The van der Waals surface area contributed by atoms with Crippen molar-refractivity contribution < 1.29 is 4.39 Å². The average molecular weight is 463 g/mol. The number of aromatic amines is 2. The largest absolute Gasteiger partial charge is 0.382 e. The molecule has 0 saturated heterocycles. The lowest BCUT2D eigenvalue weighted by molar-refractivity contribution is 0.631. The number of hydrogen-bond acceptors (Lipinski definition) is 4. The fourth-order valence-corrected chi connectivity index (χ4v) is 4.47. The zero-order valence-corrected chi connectivity index (χ0v) is 19.3. The van der Waals surface area contributed by atoms with E-state index in [9.17, 15) is 4.39 Å². The fourth-order valence-electron chi connectivity index (χ4n) is 4.47. The number of benzene rings is 2. The summed E-state index contributed by atoms with van der Waals surface area (Å²) in [7, 11) is 0. The first-order chi connectivity index (χ1) is 17.1. The minimum Gasteiger partial charge on any atom is -0.382 e. The zero-order valence-electron chi connectivity index (χ0n) is 19.3. The minimum absolute atomic E-state index is 0.244. The van der Waals surface area contributed by atoms with Gasteiger partial charge in [-0.1, -0.05) is 30.3 Å². The molecule has 0 aliphatic rings. The van der Waals surface area contributed by atoms with Crippen LogP contribution in [-0.2, 0) is 0 Å². The van der Waals surface area contributed by atoms with Crippen molar-refractivity contribution in [3.05, 3.63) is 85.1 Å². The second-order valence-corrected chi connectivity index (χ2v) is 8.88. The van der Waals surface area contributed by atoms with E-state index in [1.165, 1.54) is 6.07 Å². The van der Waals surface area contributed by atoms with Crippen LogP contribution < -0.4 is 5.32 Å². The number of aromatic nitrogens is 5. The lowest BCUT2D eigenvalue weighted by Gasteiger charge is -2.10. The van der Waals surface area contributed by atoms with Gasteiger partial charge in [-0.2, -0.15) is 5.10 Å². The lowest BCUT2D eigenvalue weighted by Crippen LogP contribution is -2.09. The van der Waals surface area contributed by atoms with Gasteiger partial charge in [-0.25, -0.2) is 4.39 Å². The van der Waals surface area contributed by atoms with Gasteiger partial charge < -0.3 is 10.3 Å². The highest BCUT2D eigenvalue weighted by atomic mass is 19.1. The summed E-state index contributed by atoms with van der Waals surface area (Å²) >= 11 is 0. The Balaban J connectivity index is 1.46. The number of hydrogen-bond donors (Lipinski definition) is 3. The molecular formula is C28H23FN6. The summed E-state index contributed by atoms with van der Waals surface area (Å²) in [6.45, 7) is 4.18. The maximum atomic E-state index is 14.6. The molecule has 0 bridgehead atoms. The molecule has 4 aromatic heterocycles. The van der Waals surface area contributed by atoms with Crippen molar-refractivity contribution in [2.75, 3.05) is 5.32 Å². The number of fused-ring (bicyclic) bond motifs is 2. The molecule has 6 aromatic rings. The zero-order chi connectivity index (χ0) is 23.9. The van der Waals surface area contributed by atoms with E-state index in [1.54, 1.807) is 18.3 Å². The normalized spacial score (nSPS) is 11.5. The smallest absolute Gasteiger partial charge is 0.131 e. The molecule has 172 valence electrons. The fraction of sp³-hybridized carbons (Fsp3) is 0.107. The van der Waals surface area contributed by atoms with Crippen LogP contribution in [0.4, 0.5) is 10.1 Å². The molecule has 4 heterocycles. The number of H-pyrrole nitrogens is 2. The summed E-state index contributed by atoms with van der Waals surface area (Å²) in [5.74, 6) is -0.244. The van der Waals surface area contributed by atoms with E-state index in [1.807, 2.05) is 54.9 Å². The van der Waals surface area contributed by atoms with Gasteiger partial charge in [0, 0.05) is 45.9 Å². The third kappa shape index (κ3) is 3.81. The van der Waals surface area contributed by atoms with E-state index in [2.05, 4.69) is 44.3 Å². The van der Waals surface area contributed by atoms with Crippen LogP contribution in [-0.4, -0.2) is 31.2 Å². The molecule has 0 spiro atoms. The predicted octanol–water partition coefficient (Wildman–Crippen LogP) is 6.79. The summed E-state index contributed by atoms with van der Waals surface area (Å²) < 4.78 is 14.6. The number of pyridine rings is 2. The Morgan fingerprint density at radius 3 is 2.57 bits per heavy atom. The van der Waals surface area contributed by atoms with Gasteiger partial charge in [0.05, 0.1) is 28.8 Å². The lowest BCUT2D eigenvalue weighted by atomic mass is 10.0. The Hall–Kier alpha value is -4.52. The molecule has 2 aromatic carbocycles. The van der Waals surface area contributed by atoms with Gasteiger partial charge in [0.2, 0.25) is 0 Å². The Kier molecular flexibility index (Phi) is 5.03. The minimum atomic E-state index is -0.244. The third-order valence-corrected chi connectivity index (χ3v) is 6.02. The summed E-state index contributed by atoms with van der Waals surface area (Å²) in [6.07, 6.45) is 5.41. The van der Waals surface area contributed by atoms with Crippen molar-refractivity contribution >= 4 is 27.5 Å². The molecule has 0 radical (unpaired) electrons. The Labute approximate surface area is 201 Å². The predicted molar refractivity (Wildman–Crippen MR) is 139 cm³/mol. The monoisotopic (exact) mass is 462 g/mol. The van der Waals surface area contributed by atoms with Crippen molar-refractivity contribution in [1.29, 1.82) is 0 Å². The first-order valence-electron chi connectivity index (χ1n) is 11.5. The van der Waals surface area contributed by atoms with Crippen molar-refractivity contribution in [3.63, 3.8) is 0 Å². The number of nitrogens with zero attached hydrogens (tertiary/aromatic N) is 3. The topological polar surface area (TPSA) is 82.3 Å². The maximum absolute atomic E-state index is 14.6. The maximum Gasteiger partial charge on any atom is 0.131 e. The van der Waals surface area contributed by atoms with Crippen LogP contribution in [0, 0.1) is 5.82 Å². The van der Waals surface area contributed by atoms with E-state index in [-0.39, 0.29) is 5.82 Å². The van der Waals surface area contributed by atoms with Crippen LogP contribution >= 0.6 is 0 Å². The van der Waals surface area contributed by atoms with E-state index >= 15 is 0 Å². The van der Waals surface area contributed by atoms with E-state index in [0.717, 1.165) is 55.7 Å². The highest BCUT2D eigenvalue weighted by molar-refractivity contribution is 6.01. The third-order valence-electron chi connectivity index (χ3n) is 6.02. The standard InChI is InChI=1S/C28H23FN6/c1-16(2)32-18-10-17(13-30-14-18)25-12-22-27(15-31-25)34-35-28(22)26-11-21-19(7-5-9-24(21)33-26)20-6-3-4-8-23(20)29/h3-16,32-33H,1-2H3,(H,34,35). The number of halogens is 1. The van der Waals surface area contributed by atoms with E-state index < -0.39 is 0 Å². The summed E-state index contributed by atoms with van der Waals surface area (Å²) in [4.78, 5) is 12.5. The van der Waals surface area contributed by atoms with Crippen molar-refractivity contribution in [2.45, 2.75) is 19.9 Å². The first kappa shape index (κ1) is 21.0. The molecule has 7 heteroatoms. The van der Waals surface area contributed by atoms with Crippen LogP contribution in [0.5, 0.6) is 0 Å². The molecule has 0 aliphatic carbocycles. The molecule has 6 rings (SSSR count). The highest BCUT2D eigenvalue weighted by Gasteiger charge is 2.16. The molecule has 0 unspecified atom stereocenters. The Bertz CT molecular complexity index is 1680. The SMILES string of the molecule is CC(C)Nc1cncc(-c2cc3c(-c4cc5c(-c6ccccc6F)cccc5[nH]4)n[nH]c3cn2)c1. The first-order valence-corrected chi connectivity index (χ1v) is 11.5. The number of nitrogens with one attached hydrogen (secondary N) is 3. The van der Waals surface area contributed by atoms with Crippen LogP contribution in [0.25, 0.3) is 55.6 Å². The molecule has 0 atom stereocenters. The summed E-state index contributed by atoms with van der Waals surface area (Å²) in [5.41, 5.74) is 7.47. The average Bonchev–Trinajstić information content (AvgIpc) is 3.47. The van der Waals surface area contributed by atoms with Gasteiger partial charge in [-0.05, 0) is 49.7 Å². The molecule has 0 fully saturated rings. The van der Waals surface area contributed by atoms with Crippen LogP contribution in [0.2, 0.25) is 0 Å². The van der Waals surface area contributed by atoms with Gasteiger partial charge in [-0.3, -0.25) is 15.1 Å². The van der Waals surface area contributed by atoms with Gasteiger partial charge in [-0.15, -0.1) is 0 Å². The van der Waals surface area contributed by atoms with E-state index in [0.29, 0.717) is 11.6 Å². The summed E-state index contributed by atoms with van der Waals surface area (Å²) in [6, 6.07) is 19.1. The second kappa shape index (κ2) is 8.36. The van der Waals surface area contributed by atoms with Crippen LogP contribution in [0.3, 0.4) is 0 Å². The molecule has 6 nitrogen and oxygen atoms in total. The highest BCUT2D eigenvalue weighted by Crippen LogP contribution is 2.35. The quantitative estimate of drug-likeness (QED) is 0.263. The van der Waals surface area contributed by atoms with Gasteiger partial charge in [0.15, 0.2) is 0 Å². The Morgan fingerprint density at radius 1 is 0.857 bits per heavy atom. The van der Waals surface area contributed by atoms with Gasteiger partial charge in [0.1, 0.15) is 11.5 Å². The molecule has 3 N–H and O–H groups in total. The second-order valence-electron chi connectivity index (χ2n) is 8.88. The molecule has 0 amide bonds. The molecule has 0 aliphatic heterocycles. The molecule has 35 heavy (non-hydrogen) atoms. The molecule has 0 saturated carbocycles. The van der Waals surface area contributed by atoms with Crippen molar-refractivity contribution in [1.82, 2.24) is 25.1 Å². The van der Waals surface area contributed by atoms with Crippen LogP contribution in [0.15, 0.2) is 79.3 Å². The Morgan fingerprint density at radius 2 is 1.71 bits per heavy atom. The van der Waals surface area contributed by atoms with Crippen molar-refractivity contribution in [3.8, 4) is 33.8 Å². The van der Waals surface area contributed by atoms with Gasteiger partial charge in [0.25, 0.3) is 0 Å². The van der Waals surface area contributed by atoms with Crippen molar-refractivity contribution in [2.24, 2.45) is 0 Å².